The third-order valence-corrected chi connectivity index (χ3v) is 4.75. The molecule has 4 heteroatoms. The molecule has 106 valence electrons. The van der Waals surface area contributed by atoms with Crippen molar-refractivity contribution >= 4 is 26.3 Å². The molecule has 1 fully saturated rings. The molecule has 2 aromatic heterocycles. The number of hydrogen-bond donors (Lipinski definition) is 0. The molecule has 21 heavy (non-hydrogen) atoms. The van der Waals surface area contributed by atoms with Gasteiger partial charge in [0.1, 0.15) is 0 Å². The molecule has 0 unspecified atom stereocenters. The average molecular weight is 276 g/mol. The molecule has 0 bridgehead atoms. The van der Waals surface area contributed by atoms with Gasteiger partial charge in [-0.2, -0.15) is 0 Å². The third-order valence-electron chi connectivity index (χ3n) is 4.75. The van der Waals surface area contributed by atoms with Crippen molar-refractivity contribution in [3.8, 4) is 0 Å². The minimum Gasteiger partial charge on any atom is -0.268 e. The van der Waals surface area contributed by atoms with Crippen molar-refractivity contribution in [3.05, 3.63) is 47.8 Å². The van der Waals surface area contributed by atoms with Gasteiger partial charge < -0.3 is 0 Å². The predicted molar refractivity (Wildman–Crippen MR) is 93.2 cm³/mol. The first-order chi connectivity index (χ1) is 10.2. The minimum atomic E-state index is 0.0233. The van der Waals surface area contributed by atoms with Crippen LogP contribution in [0.5, 0.6) is 0 Å². The van der Waals surface area contributed by atoms with Crippen molar-refractivity contribution in [1.82, 2.24) is 9.97 Å². The minimum absolute atomic E-state index is 0.0233. The van der Waals surface area contributed by atoms with E-state index in [0.29, 0.717) is 0 Å². The van der Waals surface area contributed by atoms with Crippen LogP contribution in [0.1, 0.15) is 43.5 Å². The highest BCUT2D eigenvalue weighted by Gasteiger charge is 2.38. The predicted octanol–water partition coefficient (Wildman–Crippen LogP) is 1.10. The zero-order valence-electron chi connectivity index (χ0n) is 13.1. The summed E-state index contributed by atoms with van der Waals surface area (Å²) < 4.78 is 0. The summed E-state index contributed by atoms with van der Waals surface area (Å²) in [4.78, 5) is 9.81. The standard InChI is InChI=1S/C17H22B2N2/c1-19-16-10-6-8-14(21-16)17(11-3-2-4-12-17)13-7-5-9-15(18)20-13/h5-10,19H,2-4,11-12,18H2,1H3. The molecule has 0 spiro atoms. The number of nitrogens with zero attached hydrogens (tertiary/aromatic N) is 2. The number of aromatic nitrogens is 2. The Kier molecular flexibility index (Phi) is 4.14. The Balaban J connectivity index is 2.12. The Bertz CT molecular complexity index is 622. The van der Waals surface area contributed by atoms with Crippen LogP contribution in [0.15, 0.2) is 36.4 Å². The molecule has 2 heterocycles. The summed E-state index contributed by atoms with van der Waals surface area (Å²) in [6.45, 7) is 2.17. The molecule has 1 saturated carbocycles. The van der Waals surface area contributed by atoms with Crippen molar-refractivity contribution in [1.29, 1.82) is 0 Å². The van der Waals surface area contributed by atoms with Crippen molar-refractivity contribution in [2.24, 2.45) is 0 Å². The van der Waals surface area contributed by atoms with Gasteiger partial charge in [0, 0.05) is 0 Å². The molecule has 0 saturated heterocycles. The first-order valence-electron chi connectivity index (χ1n) is 8.15. The molecule has 0 atom stereocenters. The lowest BCUT2D eigenvalue weighted by Crippen LogP contribution is -2.36. The van der Waals surface area contributed by atoms with Crippen LogP contribution in [0.3, 0.4) is 0 Å². The monoisotopic (exact) mass is 276 g/mol. The molecular formula is C17H22B2N2. The van der Waals surface area contributed by atoms with E-state index in [2.05, 4.69) is 51.1 Å². The topological polar surface area (TPSA) is 25.8 Å². The van der Waals surface area contributed by atoms with Crippen LogP contribution in [0.4, 0.5) is 0 Å². The fraction of sp³-hybridized carbons (Fsp3) is 0.412. The summed E-state index contributed by atoms with van der Waals surface area (Å²) in [7, 11) is 3.07. The van der Waals surface area contributed by atoms with Gasteiger partial charge in [0.2, 0.25) is 0 Å². The molecule has 1 aliphatic rings. The first-order valence-corrected chi connectivity index (χ1v) is 8.15. The SMILES string of the molecule is Bc1cccc(C2(c3cccc(BC)n3)CCCCC2)n1. The largest absolute Gasteiger partial charge is 0.268 e. The van der Waals surface area contributed by atoms with Gasteiger partial charge >= 0.3 is 0 Å². The van der Waals surface area contributed by atoms with Crippen molar-refractivity contribution in [3.63, 3.8) is 0 Å². The maximum atomic E-state index is 4.95. The van der Waals surface area contributed by atoms with Gasteiger partial charge in [-0.25, -0.2) is 0 Å². The van der Waals surface area contributed by atoms with Crippen LogP contribution in [-0.2, 0) is 5.41 Å². The summed E-state index contributed by atoms with van der Waals surface area (Å²) in [5.41, 5.74) is 4.74. The lowest BCUT2D eigenvalue weighted by molar-refractivity contribution is 0.332. The summed E-state index contributed by atoms with van der Waals surface area (Å²) in [5, 5.41) is 0. The van der Waals surface area contributed by atoms with E-state index in [1.54, 1.807) is 0 Å². The third kappa shape index (κ3) is 2.76. The Labute approximate surface area is 129 Å². The molecule has 0 N–H and O–H groups in total. The van der Waals surface area contributed by atoms with E-state index in [4.69, 9.17) is 9.97 Å². The Hall–Kier alpha value is -1.57. The van der Waals surface area contributed by atoms with Gasteiger partial charge in [0.05, 0.1) is 16.8 Å². The number of pyridine rings is 2. The van der Waals surface area contributed by atoms with Crippen LogP contribution in [0.2, 0.25) is 6.82 Å². The lowest BCUT2D eigenvalue weighted by atomic mass is 9.68. The molecular weight excluding hydrogens is 254 g/mol. The second kappa shape index (κ2) is 6.05. The molecule has 0 aliphatic heterocycles. The fourth-order valence-corrected chi connectivity index (χ4v) is 3.55. The van der Waals surface area contributed by atoms with Crippen LogP contribution >= 0.6 is 0 Å². The van der Waals surface area contributed by atoms with E-state index in [0.717, 1.165) is 12.9 Å². The van der Waals surface area contributed by atoms with Crippen molar-refractivity contribution in [2.45, 2.75) is 44.3 Å². The van der Waals surface area contributed by atoms with Gasteiger partial charge in [0.15, 0.2) is 15.1 Å². The second-order valence-electron chi connectivity index (χ2n) is 6.17. The van der Waals surface area contributed by atoms with E-state index in [9.17, 15) is 0 Å². The van der Waals surface area contributed by atoms with Crippen molar-refractivity contribution < 1.29 is 0 Å². The molecule has 1 aliphatic carbocycles. The average Bonchev–Trinajstić information content (AvgIpc) is 2.55. The Morgan fingerprint density at radius 2 is 1.62 bits per heavy atom. The quantitative estimate of drug-likeness (QED) is 0.784. The van der Waals surface area contributed by atoms with Crippen LogP contribution < -0.4 is 11.2 Å². The molecule has 0 aromatic carbocycles. The maximum Gasteiger partial charge on any atom is 0.179 e. The zero-order valence-corrected chi connectivity index (χ0v) is 13.1. The summed E-state index contributed by atoms with van der Waals surface area (Å²) in [5.74, 6) is 0. The molecule has 0 amide bonds. The highest BCUT2D eigenvalue weighted by Crippen LogP contribution is 2.42. The zero-order chi connectivity index (χ0) is 14.7. The first kappa shape index (κ1) is 14.4. The van der Waals surface area contributed by atoms with Crippen molar-refractivity contribution in [2.75, 3.05) is 0 Å². The summed E-state index contributed by atoms with van der Waals surface area (Å²) in [6.07, 6.45) is 6.22. The van der Waals surface area contributed by atoms with Crippen LogP contribution in [-0.4, -0.2) is 25.1 Å². The maximum absolute atomic E-state index is 4.95. The van der Waals surface area contributed by atoms with Gasteiger partial charge in [-0.15, -0.1) is 0 Å². The van der Waals surface area contributed by atoms with E-state index >= 15 is 0 Å². The van der Waals surface area contributed by atoms with E-state index in [-0.39, 0.29) is 5.41 Å². The summed E-state index contributed by atoms with van der Waals surface area (Å²) >= 11 is 0. The van der Waals surface area contributed by atoms with E-state index in [1.807, 2.05) is 0 Å². The van der Waals surface area contributed by atoms with E-state index in [1.165, 1.54) is 49.1 Å². The van der Waals surface area contributed by atoms with Gasteiger partial charge in [-0.3, -0.25) is 9.97 Å². The van der Waals surface area contributed by atoms with E-state index < -0.39 is 0 Å². The van der Waals surface area contributed by atoms with Gasteiger partial charge in [-0.05, 0) is 36.2 Å². The normalized spacial score (nSPS) is 17.4. The molecule has 3 rings (SSSR count). The highest BCUT2D eigenvalue weighted by molar-refractivity contribution is 6.50. The second-order valence-corrected chi connectivity index (χ2v) is 6.17. The number of hydrogen-bond acceptors (Lipinski definition) is 2. The number of rotatable bonds is 3. The smallest absolute Gasteiger partial charge is 0.179 e. The highest BCUT2D eigenvalue weighted by atomic mass is 14.8. The lowest BCUT2D eigenvalue weighted by Gasteiger charge is -2.37. The Morgan fingerprint density at radius 1 is 0.952 bits per heavy atom. The van der Waals surface area contributed by atoms with Crippen LogP contribution in [0.25, 0.3) is 0 Å². The van der Waals surface area contributed by atoms with Gasteiger partial charge in [0.25, 0.3) is 0 Å². The summed E-state index contributed by atoms with van der Waals surface area (Å²) in [6, 6.07) is 12.9. The Morgan fingerprint density at radius 3 is 2.29 bits per heavy atom. The molecule has 2 nitrogen and oxygen atoms in total. The van der Waals surface area contributed by atoms with Gasteiger partial charge in [-0.1, -0.05) is 50.4 Å². The molecule has 2 aromatic rings. The molecule has 0 radical (unpaired) electrons. The van der Waals surface area contributed by atoms with Crippen LogP contribution in [0, 0.1) is 0 Å². The fourth-order valence-electron chi connectivity index (χ4n) is 3.55.